The van der Waals surface area contributed by atoms with Gasteiger partial charge in [-0.25, -0.2) is 30.3 Å². The lowest BCUT2D eigenvalue weighted by molar-refractivity contribution is -0.384. The number of sulfone groups is 1. The molecule has 0 unspecified atom stereocenters. The molecule has 1 fully saturated rings. The van der Waals surface area contributed by atoms with E-state index in [0.717, 1.165) is 42.9 Å². The highest BCUT2D eigenvalue weighted by Crippen LogP contribution is 2.31. The van der Waals surface area contributed by atoms with E-state index >= 15 is 0 Å². The number of benzene rings is 3. The van der Waals surface area contributed by atoms with Crippen LogP contribution in [0.25, 0.3) is 0 Å². The molecule has 1 aliphatic heterocycles. The number of piperidine rings is 1. The molecule has 3 aromatic rings. The molecule has 1 heterocycles. The second-order valence-electron chi connectivity index (χ2n) is 10.3. The first-order valence-electron chi connectivity index (χ1n) is 13.0. The number of nitro groups is 1. The molecule has 4 rings (SSSR count). The Kier molecular flexibility index (Phi) is 9.52. The SMILES string of the molecule is CS(=O)(=O)c1ccc([C@@H](CCN2CCC(CNS(=O)(=O)c3ccc([N+](=O)[O-])cc3)CC2)c2cc(F)cc(F)c2)cc1. The fraction of sp³-hybridized carbons (Fsp3) is 0.357. The number of halogens is 2. The predicted octanol–water partition coefficient (Wildman–Crippen LogP) is 4.49. The number of sulfonamides is 1. The van der Waals surface area contributed by atoms with Crippen LogP contribution in [0.15, 0.2) is 76.5 Å². The zero-order valence-corrected chi connectivity index (χ0v) is 24.0. The highest BCUT2D eigenvalue weighted by molar-refractivity contribution is 7.90. The van der Waals surface area contributed by atoms with Crippen LogP contribution in [-0.4, -0.2) is 59.1 Å². The van der Waals surface area contributed by atoms with Gasteiger partial charge >= 0.3 is 0 Å². The van der Waals surface area contributed by atoms with Gasteiger partial charge in [0.25, 0.3) is 5.69 Å². The lowest BCUT2D eigenvalue weighted by Crippen LogP contribution is -2.39. The molecular weight excluding hydrogens is 576 g/mol. The lowest BCUT2D eigenvalue weighted by atomic mass is 9.87. The number of hydrogen-bond donors (Lipinski definition) is 1. The summed E-state index contributed by atoms with van der Waals surface area (Å²) in [5.74, 6) is -1.62. The highest BCUT2D eigenvalue weighted by atomic mass is 32.2. The lowest BCUT2D eigenvalue weighted by Gasteiger charge is -2.33. The van der Waals surface area contributed by atoms with Gasteiger partial charge < -0.3 is 4.90 Å². The Labute approximate surface area is 238 Å². The third kappa shape index (κ3) is 8.15. The van der Waals surface area contributed by atoms with Crippen molar-refractivity contribution in [2.75, 3.05) is 32.4 Å². The fourth-order valence-electron chi connectivity index (χ4n) is 5.03. The number of likely N-dealkylation sites (tertiary alicyclic amines) is 1. The van der Waals surface area contributed by atoms with Gasteiger partial charge in [-0.15, -0.1) is 0 Å². The minimum atomic E-state index is -3.80. The van der Waals surface area contributed by atoms with Crippen molar-refractivity contribution >= 4 is 25.5 Å². The van der Waals surface area contributed by atoms with Crippen LogP contribution in [0.3, 0.4) is 0 Å². The molecule has 220 valence electrons. The molecule has 9 nitrogen and oxygen atoms in total. The molecule has 0 bridgehead atoms. The van der Waals surface area contributed by atoms with Crippen LogP contribution in [-0.2, 0) is 19.9 Å². The van der Waals surface area contributed by atoms with Gasteiger partial charge in [-0.1, -0.05) is 12.1 Å². The van der Waals surface area contributed by atoms with E-state index in [9.17, 15) is 35.7 Å². The second kappa shape index (κ2) is 12.7. The van der Waals surface area contributed by atoms with Crippen LogP contribution in [0, 0.1) is 27.7 Å². The molecule has 1 saturated heterocycles. The predicted molar refractivity (Wildman–Crippen MR) is 150 cm³/mol. The van der Waals surface area contributed by atoms with E-state index in [-0.39, 0.29) is 33.9 Å². The Morgan fingerprint density at radius 2 is 1.46 bits per heavy atom. The zero-order valence-electron chi connectivity index (χ0n) is 22.4. The van der Waals surface area contributed by atoms with E-state index in [0.29, 0.717) is 31.6 Å². The first-order valence-corrected chi connectivity index (χ1v) is 16.4. The van der Waals surface area contributed by atoms with E-state index in [1.165, 1.54) is 36.4 Å². The smallest absolute Gasteiger partial charge is 0.269 e. The first kappa shape index (κ1) is 30.7. The van der Waals surface area contributed by atoms with Crippen LogP contribution in [0.4, 0.5) is 14.5 Å². The molecule has 41 heavy (non-hydrogen) atoms. The average Bonchev–Trinajstić information content (AvgIpc) is 2.92. The molecule has 0 amide bonds. The van der Waals surface area contributed by atoms with Crippen molar-refractivity contribution in [3.05, 3.63) is 99.6 Å². The standard InChI is InChI=1S/C28H31F2N3O6S2/c1-40(36,37)26-6-2-21(3-7-26)28(22-16-23(29)18-24(30)17-22)12-15-32-13-10-20(11-14-32)19-31-41(38,39)27-8-4-25(5-9-27)33(34)35/h2-9,16-18,20,28,31H,10-15,19H2,1H3/t28-/m1/s1. The van der Waals surface area contributed by atoms with Gasteiger partial charge in [0.1, 0.15) is 11.6 Å². The Bertz CT molecular complexity index is 1570. The number of nitrogens with one attached hydrogen (secondary N) is 1. The second-order valence-corrected chi connectivity index (χ2v) is 14.1. The third-order valence-electron chi connectivity index (χ3n) is 7.36. The van der Waals surface area contributed by atoms with Crippen LogP contribution in [0.2, 0.25) is 0 Å². The number of non-ortho nitro benzene ring substituents is 1. The van der Waals surface area contributed by atoms with Gasteiger partial charge in [-0.05, 0) is 92.3 Å². The molecule has 0 aliphatic carbocycles. The van der Waals surface area contributed by atoms with Gasteiger partial charge in [0, 0.05) is 36.9 Å². The van der Waals surface area contributed by atoms with Crippen LogP contribution >= 0.6 is 0 Å². The number of nitro benzene ring substituents is 1. The Morgan fingerprint density at radius 3 is 2.00 bits per heavy atom. The van der Waals surface area contributed by atoms with Crippen molar-refractivity contribution < 1.29 is 30.5 Å². The molecule has 1 N–H and O–H groups in total. The van der Waals surface area contributed by atoms with Crippen LogP contribution < -0.4 is 4.72 Å². The summed E-state index contributed by atoms with van der Waals surface area (Å²) >= 11 is 0. The van der Waals surface area contributed by atoms with Crippen molar-refractivity contribution in [2.45, 2.75) is 35.0 Å². The highest BCUT2D eigenvalue weighted by Gasteiger charge is 2.24. The Balaban J connectivity index is 1.36. The van der Waals surface area contributed by atoms with Crippen molar-refractivity contribution in [2.24, 2.45) is 5.92 Å². The Hall–Kier alpha value is -3.26. The summed E-state index contributed by atoms with van der Waals surface area (Å²) in [5.41, 5.74) is 1.02. The monoisotopic (exact) mass is 607 g/mol. The summed E-state index contributed by atoms with van der Waals surface area (Å²) in [6.07, 6.45) is 3.14. The number of nitrogens with zero attached hydrogens (tertiary/aromatic N) is 2. The molecule has 0 aromatic heterocycles. The third-order valence-corrected chi connectivity index (χ3v) is 9.93. The largest absolute Gasteiger partial charge is 0.303 e. The van der Waals surface area contributed by atoms with E-state index in [1.807, 2.05) is 0 Å². The first-order chi connectivity index (χ1) is 19.3. The molecule has 0 spiro atoms. The topological polar surface area (TPSA) is 127 Å². The molecule has 0 saturated carbocycles. The minimum Gasteiger partial charge on any atom is -0.303 e. The van der Waals surface area contributed by atoms with Crippen LogP contribution in [0.1, 0.15) is 36.3 Å². The fourth-order valence-corrected chi connectivity index (χ4v) is 6.78. The van der Waals surface area contributed by atoms with Gasteiger partial charge in [0.15, 0.2) is 9.84 Å². The molecule has 1 aliphatic rings. The van der Waals surface area contributed by atoms with Crippen molar-refractivity contribution in [1.29, 1.82) is 0 Å². The molecular formula is C28H31F2N3O6S2. The summed E-state index contributed by atoms with van der Waals surface area (Å²) in [4.78, 5) is 12.6. The van der Waals surface area contributed by atoms with Gasteiger partial charge in [-0.2, -0.15) is 0 Å². The molecule has 3 aromatic carbocycles. The van der Waals surface area contributed by atoms with E-state index in [1.54, 1.807) is 12.1 Å². The Morgan fingerprint density at radius 1 is 0.902 bits per heavy atom. The normalized spacial score (nSPS) is 16.0. The molecule has 13 heteroatoms. The van der Waals surface area contributed by atoms with Crippen molar-refractivity contribution in [3.63, 3.8) is 0 Å². The number of rotatable bonds is 11. The summed E-state index contributed by atoms with van der Waals surface area (Å²) < 4.78 is 79.7. The maximum Gasteiger partial charge on any atom is 0.269 e. The average molecular weight is 608 g/mol. The summed E-state index contributed by atoms with van der Waals surface area (Å²) in [5, 5.41) is 10.8. The van der Waals surface area contributed by atoms with Gasteiger partial charge in [0.05, 0.1) is 14.7 Å². The van der Waals surface area contributed by atoms with E-state index in [4.69, 9.17) is 0 Å². The van der Waals surface area contributed by atoms with Crippen molar-refractivity contribution in [3.8, 4) is 0 Å². The summed E-state index contributed by atoms with van der Waals surface area (Å²) in [6, 6.07) is 14.5. The molecule has 1 atom stereocenters. The zero-order chi connectivity index (χ0) is 29.8. The summed E-state index contributed by atoms with van der Waals surface area (Å²) in [6.45, 7) is 2.28. The van der Waals surface area contributed by atoms with E-state index < -0.39 is 36.4 Å². The number of hydrogen-bond acceptors (Lipinski definition) is 7. The molecule has 0 radical (unpaired) electrons. The van der Waals surface area contributed by atoms with E-state index in [2.05, 4.69) is 9.62 Å². The quantitative estimate of drug-likeness (QED) is 0.251. The van der Waals surface area contributed by atoms with Gasteiger partial charge in [-0.3, -0.25) is 10.1 Å². The minimum absolute atomic E-state index is 0.0371. The van der Waals surface area contributed by atoms with Gasteiger partial charge in [0.2, 0.25) is 10.0 Å². The summed E-state index contributed by atoms with van der Waals surface area (Å²) in [7, 11) is -7.19. The van der Waals surface area contributed by atoms with Crippen molar-refractivity contribution in [1.82, 2.24) is 9.62 Å². The van der Waals surface area contributed by atoms with Crippen LogP contribution in [0.5, 0.6) is 0 Å². The maximum atomic E-state index is 14.1. The maximum absolute atomic E-state index is 14.1.